The van der Waals surface area contributed by atoms with Gasteiger partial charge in [-0.05, 0) is 19.4 Å². The van der Waals surface area contributed by atoms with E-state index in [4.69, 9.17) is 5.41 Å². The Bertz CT molecular complexity index is 119. The van der Waals surface area contributed by atoms with E-state index in [9.17, 15) is 0 Å². The molecule has 0 rings (SSSR count). The van der Waals surface area contributed by atoms with Gasteiger partial charge in [-0.2, -0.15) is 0 Å². The van der Waals surface area contributed by atoms with E-state index in [-0.39, 0.29) is 0 Å². The van der Waals surface area contributed by atoms with Gasteiger partial charge in [-0.1, -0.05) is 34.3 Å². The number of allylic oxidation sites excluding steroid dienone is 1. The van der Waals surface area contributed by atoms with E-state index < -0.39 is 0 Å². The van der Waals surface area contributed by atoms with Crippen molar-refractivity contribution in [1.82, 2.24) is 0 Å². The maximum atomic E-state index is 6.85. The van der Waals surface area contributed by atoms with Crippen molar-refractivity contribution in [3.63, 3.8) is 0 Å². The van der Waals surface area contributed by atoms with Gasteiger partial charge in [0.15, 0.2) is 0 Å². The van der Waals surface area contributed by atoms with Gasteiger partial charge >= 0.3 is 0 Å². The summed E-state index contributed by atoms with van der Waals surface area (Å²) in [5.74, 6) is 0.313. The molecule has 0 aliphatic heterocycles. The molecule has 0 unspecified atom stereocenters. The van der Waals surface area contributed by atoms with Crippen molar-refractivity contribution in [3.05, 3.63) is 12.2 Å². The molecule has 2 heteroatoms. The molecule has 0 heterocycles. The second kappa shape index (κ2) is 16.6. The summed E-state index contributed by atoms with van der Waals surface area (Å²) in [6, 6.07) is 0. The van der Waals surface area contributed by atoms with Crippen molar-refractivity contribution in [3.8, 4) is 0 Å². The Labute approximate surface area is 76.9 Å². The number of nitrogens with one attached hydrogen (secondary N) is 1. The van der Waals surface area contributed by atoms with E-state index in [0.717, 1.165) is 5.57 Å². The summed E-state index contributed by atoms with van der Waals surface area (Å²) in [6.07, 6.45) is 1.57. The first-order valence-electron chi connectivity index (χ1n) is 4.37. The molecule has 1 N–H and O–H groups in total. The Morgan fingerprint density at radius 2 is 1.50 bits per heavy atom. The molecule has 0 aliphatic carbocycles. The van der Waals surface area contributed by atoms with Crippen LogP contribution in [0.25, 0.3) is 0 Å². The number of hydrogen-bond donors (Lipinski definition) is 1. The fourth-order valence-electron chi connectivity index (χ4n) is 0.207. The summed E-state index contributed by atoms with van der Waals surface area (Å²) >= 11 is 0. The molecular formula is C10H22N2. The van der Waals surface area contributed by atoms with E-state index in [1.54, 1.807) is 13.1 Å². The summed E-state index contributed by atoms with van der Waals surface area (Å²) in [5.41, 5.74) is 0.872. The van der Waals surface area contributed by atoms with Gasteiger partial charge in [-0.25, -0.2) is 4.99 Å². The molecule has 0 fully saturated rings. The van der Waals surface area contributed by atoms with Gasteiger partial charge in [-0.15, -0.1) is 0 Å². The minimum atomic E-state index is 0.313. The van der Waals surface area contributed by atoms with Crippen LogP contribution in [-0.4, -0.2) is 12.1 Å². The Morgan fingerprint density at radius 1 is 1.17 bits per heavy atom. The third kappa shape index (κ3) is 35.6. The van der Waals surface area contributed by atoms with Gasteiger partial charge < -0.3 is 0 Å². The highest BCUT2D eigenvalue weighted by atomic mass is 14.8. The molecule has 0 bridgehead atoms. The molecule has 12 heavy (non-hydrogen) atoms. The van der Waals surface area contributed by atoms with Gasteiger partial charge in [0, 0.05) is 6.21 Å². The Morgan fingerprint density at radius 3 is 1.58 bits per heavy atom. The molecule has 2 nitrogen and oxygen atoms in total. The van der Waals surface area contributed by atoms with E-state index in [2.05, 4.69) is 11.6 Å². The molecule has 0 spiro atoms. The van der Waals surface area contributed by atoms with Crippen LogP contribution in [0, 0.1) is 5.41 Å². The van der Waals surface area contributed by atoms with Gasteiger partial charge in [0.1, 0.15) is 5.84 Å². The SMILES string of the molecule is C=C(C)C=NC(C)=N.CC.CC. The minimum absolute atomic E-state index is 0.313. The molecule has 0 aromatic carbocycles. The molecule has 0 aromatic rings. The van der Waals surface area contributed by atoms with E-state index in [1.807, 2.05) is 34.6 Å². The van der Waals surface area contributed by atoms with Crippen LogP contribution < -0.4 is 0 Å². The van der Waals surface area contributed by atoms with Crippen molar-refractivity contribution in [2.45, 2.75) is 41.5 Å². The predicted molar refractivity (Wildman–Crippen MR) is 59.4 cm³/mol. The molecule has 0 saturated heterocycles. The highest BCUT2D eigenvalue weighted by Crippen LogP contribution is 1.79. The van der Waals surface area contributed by atoms with Crippen LogP contribution in [0.1, 0.15) is 41.5 Å². The fourth-order valence-corrected chi connectivity index (χ4v) is 0.207. The molecule has 72 valence electrons. The van der Waals surface area contributed by atoms with Gasteiger partial charge in [0.2, 0.25) is 0 Å². The Hall–Kier alpha value is -0.920. The number of aliphatic imine (C=N–C) groups is 1. The lowest BCUT2D eigenvalue weighted by Gasteiger charge is -1.82. The predicted octanol–water partition coefficient (Wildman–Crippen LogP) is 3.68. The van der Waals surface area contributed by atoms with E-state index in [0.29, 0.717) is 5.84 Å². The molecule has 0 atom stereocenters. The zero-order chi connectivity index (χ0) is 10.6. The van der Waals surface area contributed by atoms with Crippen molar-refractivity contribution >= 4 is 12.1 Å². The van der Waals surface area contributed by atoms with Crippen molar-refractivity contribution < 1.29 is 0 Å². The maximum absolute atomic E-state index is 6.85. The number of nitrogens with zero attached hydrogens (tertiary/aromatic N) is 1. The van der Waals surface area contributed by atoms with Crippen molar-refractivity contribution in [1.29, 1.82) is 5.41 Å². The number of rotatable bonds is 1. The lowest BCUT2D eigenvalue weighted by atomic mass is 10.4. The average Bonchev–Trinajstić information content (AvgIpc) is 2.08. The summed E-state index contributed by atoms with van der Waals surface area (Å²) in [4.78, 5) is 3.68. The standard InChI is InChI=1S/C6H10N2.2C2H6/c1-5(2)4-8-6(3)7;2*1-2/h4,7H,1H2,2-3H3;2*1-2H3. The van der Waals surface area contributed by atoms with Crippen LogP contribution in [0.5, 0.6) is 0 Å². The average molecular weight is 170 g/mol. The largest absolute Gasteiger partial charge is 0.287 e. The second-order valence-corrected chi connectivity index (χ2v) is 1.69. The first-order chi connectivity index (χ1) is 5.63. The van der Waals surface area contributed by atoms with E-state index in [1.165, 1.54) is 0 Å². The second-order valence-electron chi connectivity index (χ2n) is 1.69. The topological polar surface area (TPSA) is 36.2 Å². The molecule has 0 amide bonds. The summed E-state index contributed by atoms with van der Waals surface area (Å²) in [7, 11) is 0. The quantitative estimate of drug-likeness (QED) is 0.460. The van der Waals surface area contributed by atoms with Gasteiger partial charge in [-0.3, -0.25) is 5.41 Å². The Kier molecular flexibility index (Phi) is 23.8. The van der Waals surface area contributed by atoms with Crippen LogP contribution in [0.3, 0.4) is 0 Å². The van der Waals surface area contributed by atoms with Crippen LogP contribution in [0.2, 0.25) is 0 Å². The van der Waals surface area contributed by atoms with Gasteiger partial charge in [0.05, 0.1) is 0 Å². The smallest absolute Gasteiger partial charge is 0.117 e. The number of hydrogen-bond acceptors (Lipinski definition) is 1. The van der Waals surface area contributed by atoms with Crippen LogP contribution in [0.15, 0.2) is 17.1 Å². The maximum Gasteiger partial charge on any atom is 0.117 e. The monoisotopic (exact) mass is 170 g/mol. The van der Waals surface area contributed by atoms with Crippen molar-refractivity contribution in [2.24, 2.45) is 4.99 Å². The van der Waals surface area contributed by atoms with Gasteiger partial charge in [0.25, 0.3) is 0 Å². The lowest BCUT2D eigenvalue weighted by Crippen LogP contribution is -1.82. The third-order valence-corrected chi connectivity index (χ3v) is 0.479. The fraction of sp³-hybridized carbons (Fsp3) is 0.600. The zero-order valence-electron chi connectivity index (χ0n) is 9.23. The molecule has 0 aliphatic rings. The van der Waals surface area contributed by atoms with Crippen LogP contribution in [0.4, 0.5) is 0 Å². The van der Waals surface area contributed by atoms with E-state index >= 15 is 0 Å². The molecule has 0 saturated carbocycles. The van der Waals surface area contributed by atoms with Crippen LogP contribution >= 0.6 is 0 Å². The Balaban J connectivity index is -0.000000175. The zero-order valence-corrected chi connectivity index (χ0v) is 9.23. The number of amidine groups is 1. The first-order valence-corrected chi connectivity index (χ1v) is 4.37. The van der Waals surface area contributed by atoms with Crippen molar-refractivity contribution in [2.75, 3.05) is 0 Å². The normalized spacial score (nSPS) is 7.50. The third-order valence-electron chi connectivity index (χ3n) is 0.479. The summed E-state index contributed by atoms with van der Waals surface area (Å²) in [6.45, 7) is 15.0. The lowest BCUT2D eigenvalue weighted by molar-refractivity contribution is 1.41. The molecule has 0 aromatic heterocycles. The highest BCUT2D eigenvalue weighted by molar-refractivity contribution is 5.90. The minimum Gasteiger partial charge on any atom is -0.287 e. The first kappa shape index (κ1) is 17.2. The summed E-state index contributed by atoms with van der Waals surface area (Å²) < 4.78 is 0. The van der Waals surface area contributed by atoms with Crippen LogP contribution in [-0.2, 0) is 0 Å². The molecular weight excluding hydrogens is 148 g/mol. The highest BCUT2D eigenvalue weighted by Gasteiger charge is 1.75. The molecule has 0 radical (unpaired) electrons. The summed E-state index contributed by atoms with van der Waals surface area (Å²) in [5, 5.41) is 6.85.